The number of nitrogens with one attached hydrogen (secondary N) is 3. The number of Topliss-reactive ketones (excluding diaryl/α,β-unsaturated/α-hetero) is 1. The lowest BCUT2D eigenvalue weighted by atomic mass is 9.85. The molecule has 1 saturated carbocycles. The Kier molecular flexibility index (Phi) is 11.6. The highest BCUT2D eigenvalue weighted by Gasteiger charge is 2.55. The molecule has 5 rings (SSSR count). The topological polar surface area (TPSA) is 138 Å². The third-order valence-corrected chi connectivity index (χ3v) is 9.88. The van der Waals surface area contributed by atoms with E-state index >= 15 is 0 Å². The molecule has 1 aliphatic carbocycles. The van der Waals surface area contributed by atoms with Gasteiger partial charge < -0.3 is 25.1 Å². The smallest absolute Gasteiger partial charge is 0.251 e. The molecule has 12 heteroatoms. The molecule has 2 heterocycles. The first-order chi connectivity index (χ1) is 23.3. The highest BCUT2D eigenvalue weighted by molar-refractivity contribution is 9.10. The number of methoxy groups -OCH3 is 1. The molecular formula is C37H48BrN5O6. The number of nitrogens with zero attached hydrogens (tertiary/aromatic N) is 2. The van der Waals surface area contributed by atoms with Gasteiger partial charge in [0.25, 0.3) is 5.91 Å². The summed E-state index contributed by atoms with van der Waals surface area (Å²) in [7, 11) is 1.47. The van der Waals surface area contributed by atoms with Crippen molar-refractivity contribution in [3.8, 4) is 0 Å². The van der Waals surface area contributed by atoms with Gasteiger partial charge in [0.05, 0.1) is 30.9 Å². The van der Waals surface area contributed by atoms with E-state index in [1.54, 1.807) is 29.2 Å². The van der Waals surface area contributed by atoms with E-state index in [1.807, 2.05) is 58.0 Å². The minimum Gasteiger partial charge on any atom is -0.387 e. The van der Waals surface area contributed by atoms with Gasteiger partial charge in [0.1, 0.15) is 6.04 Å². The highest BCUT2D eigenvalue weighted by atomic mass is 79.9. The van der Waals surface area contributed by atoms with Crippen LogP contribution in [0.3, 0.4) is 0 Å². The molecule has 2 aromatic rings. The third kappa shape index (κ3) is 8.95. The Hall–Kier alpha value is -3.61. The van der Waals surface area contributed by atoms with Crippen molar-refractivity contribution in [2.45, 2.75) is 102 Å². The van der Waals surface area contributed by atoms with Crippen LogP contribution in [0.25, 0.3) is 0 Å². The summed E-state index contributed by atoms with van der Waals surface area (Å²) >= 11 is 3.52. The molecule has 0 bridgehead atoms. The zero-order valence-electron chi connectivity index (χ0n) is 29.0. The zero-order valence-corrected chi connectivity index (χ0v) is 30.5. The molecule has 264 valence electrons. The number of likely N-dealkylation sites (tertiary alicyclic amines) is 1. The number of ether oxygens (including phenoxy) is 1. The van der Waals surface area contributed by atoms with E-state index in [0.29, 0.717) is 24.8 Å². The van der Waals surface area contributed by atoms with Gasteiger partial charge in [-0.15, -0.1) is 0 Å². The fraction of sp³-hybridized carbons (Fsp3) is 0.541. The average Bonchev–Trinajstić information content (AvgIpc) is 3.65. The van der Waals surface area contributed by atoms with Gasteiger partial charge in [0, 0.05) is 41.6 Å². The number of carbonyl (C=O) groups excluding carboxylic acids is 4. The number of amides is 3. The molecule has 2 aromatic carbocycles. The number of hydrogen-bond donors (Lipinski definition) is 3. The molecule has 3 N–H and O–H groups in total. The maximum Gasteiger partial charge on any atom is 0.251 e. The maximum absolute atomic E-state index is 14.6. The summed E-state index contributed by atoms with van der Waals surface area (Å²) in [5.41, 5.74) is 0.630. The van der Waals surface area contributed by atoms with Crippen molar-refractivity contribution in [1.29, 1.82) is 0 Å². The Labute approximate surface area is 297 Å². The van der Waals surface area contributed by atoms with Gasteiger partial charge in [-0.2, -0.15) is 0 Å². The standard InChI is InChI=1S/C37H48BrN5O6/c1-6-11-27(31(48-5)34(46)40-26-16-17-26)41-33(45)29-20-37(19-28(42-49-37)24-14-10-15-25(38)18-24)22-43(29)35(47)32(36(2,3)4)39-21-30(44)23-12-8-7-9-13-23/h7-10,12-15,18,26-27,29,31-32,39H,6,11,16-17,19-22H2,1-5H3,(H,40,46)(H,41,45)/t27?,29-,31?,32+,37+/m0/s1. The molecule has 0 radical (unpaired) electrons. The Morgan fingerprint density at radius 2 is 1.84 bits per heavy atom. The molecule has 2 unspecified atom stereocenters. The van der Waals surface area contributed by atoms with Gasteiger partial charge in [-0.3, -0.25) is 24.5 Å². The summed E-state index contributed by atoms with van der Waals surface area (Å²) in [6.45, 7) is 7.83. The zero-order chi connectivity index (χ0) is 35.3. The molecule has 0 aromatic heterocycles. The highest BCUT2D eigenvalue weighted by Crippen LogP contribution is 2.40. The first kappa shape index (κ1) is 36.7. The van der Waals surface area contributed by atoms with Crippen LogP contribution in [0.1, 0.15) is 82.1 Å². The van der Waals surface area contributed by atoms with E-state index in [1.165, 1.54) is 7.11 Å². The first-order valence-corrected chi connectivity index (χ1v) is 17.9. The van der Waals surface area contributed by atoms with Crippen molar-refractivity contribution in [2.75, 3.05) is 20.2 Å². The quantitative estimate of drug-likeness (QED) is 0.245. The second-order valence-corrected chi connectivity index (χ2v) is 15.4. The summed E-state index contributed by atoms with van der Waals surface area (Å²) in [6, 6.07) is 14.5. The lowest BCUT2D eigenvalue weighted by Crippen LogP contribution is -2.59. The van der Waals surface area contributed by atoms with Crippen LogP contribution in [0.4, 0.5) is 0 Å². The molecular weight excluding hydrogens is 690 g/mol. The van der Waals surface area contributed by atoms with Gasteiger partial charge in [0.15, 0.2) is 17.5 Å². The largest absolute Gasteiger partial charge is 0.387 e. The minimum atomic E-state index is -0.929. The van der Waals surface area contributed by atoms with Crippen LogP contribution < -0.4 is 16.0 Å². The number of hydrogen-bond acceptors (Lipinski definition) is 8. The number of ketones is 1. The van der Waals surface area contributed by atoms with E-state index in [2.05, 4.69) is 37.0 Å². The van der Waals surface area contributed by atoms with Gasteiger partial charge >= 0.3 is 0 Å². The monoisotopic (exact) mass is 737 g/mol. The fourth-order valence-corrected chi connectivity index (χ4v) is 7.06. The SMILES string of the molecule is CCCC(NC(=O)[C@@H]1C[C@]2(CC(c3cccc(Br)c3)=NO2)CN1C(=O)[C@@H](NCC(=O)c1ccccc1)C(C)(C)C)C(OC)C(=O)NC1CC1. The second-order valence-electron chi connectivity index (χ2n) is 14.5. The van der Waals surface area contributed by atoms with Gasteiger partial charge in [-0.05, 0) is 36.8 Å². The van der Waals surface area contributed by atoms with Crippen molar-refractivity contribution >= 4 is 45.1 Å². The number of carbonyl (C=O) groups is 4. The van der Waals surface area contributed by atoms with Crippen LogP contribution in [0, 0.1) is 5.41 Å². The van der Waals surface area contributed by atoms with Crippen LogP contribution in [0.5, 0.6) is 0 Å². The summed E-state index contributed by atoms with van der Waals surface area (Å²) in [6.07, 6.45) is 2.80. The molecule has 1 spiro atoms. The molecule has 2 aliphatic heterocycles. The molecule has 3 aliphatic rings. The summed E-state index contributed by atoms with van der Waals surface area (Å²) < 4.78 is 6.54. The van der Waals surface area contributed by atoms with Crippen molar-refractivity contribution < 1.29 is 28.8 Å². The van der Waals surface area contributed by atoms with Gasteiger partial charge in [-0.25, -0.2) is 0 Å². The average molecular weight is 739 g/mol. The third-order valence-electron chi connectivity index (χ3n) is 9.39. The van der Waals surface area contributed by atoms with E-state index in [9.17, 15) is 19.2 Å². The first-order valence-electron chi connectivity index (χ1n) is 17.1. The molecule has 3 amide bonds. The molecule has 2 fully saturated rings. The summed E-state index contributed by atoms with van der Waals surface area (Å²) in [5, 5.41) is 13.7. The maximum atomic E-state index is 14.6. The predicted octanol–water partition coefficient (Wildman–Crippen LogP) is 4.38. The van der Waals surface area contributed by atoms with Crippen LogP contribution in [-0.2, 0) is 24.0 Å². The predicted molar refractivity (Wildman–Crippen MR) is 190 cm³/mol. The molecule has 11 nitrogen and oxygen atoms in total. The van der Waals surface area contributed by atoms with Crippen LogP contribution in [0.2, 0.25) is 0 Å². The van der Waals surface area contributed by atoms with Crippen molar-refractivity contribution in [1.82, 2.24) is 20.9 Å². The van der Waals surface area contributed by atoms with Crippen LogP contribution >= 0.6 is 15.9 Å². The van der Waals surface area contributed by atoms with E-state index in [-0.39, 0.29) is 43.1 Å². The Morgan fingerprint density at radius 3 is 2.47 bits per heavy atom. The fourth-order valence-electron chi connectivity index (χ4n) is 6.66. The van der Waals surface area contributed by atoms with Crippen molar-refractivity contribution in [3.05, 3.63) is 70.2 Å². The second kappa shape index (κ2) is 15.5. The summed E-state index contributed by atoms with van der Waals surface area (Å²) in [5.74, 6) is -1.10. The van der Waals surface area contributed by atoms with E-state index in [0.717, 1.165) is 28.6 Å². The van der Waals surface area contributed by atoms with E-state index < -0.39 is 41.2 Å². The lowest BCUT2D eigenvalue weighted by molar-refractivity contribution is -0.143. The normalized spacial score (nSPS) is 22.2. The van der Waals surface area contributed by atoms with Crippen molar-refractivity contribution in [2.24, 2.45) is 10.6 Å². The Bertz CT molecular complexity index is 1560. The molecule has 49 heavy (non-hydrogen) atoms. The number of benzene rings is 2. The van der Waals surface area contributed by atoms with E-state index in [4.69, 9.17) is 9.57 Å². The Morgan fingerprint density at radius 1 is 1.10 bits per heavy atom. The van der Waals surface area contributed by atoms with Crippen LogP contribution in [0.15, 0.2) is 64.2 Å². The molecule has 1 saturated heterocycles. The van der Waals surface area contributed by atoms with Crippen molar-refractivity contribution in [3.63, 3.8) is 0 Å². The number of oxime groups is 1. The van der Waals surface area contributed by atoms with Gasteiger partial charge in [0.2, 0.25) is 11.8 Å². The minimum absolute atomic E-state index is 0.0512. The number of rotatable bonds is 14. The summed E-state index contributed by atoms with van der Waals surface area (Å²) in [4.78, 5) is 62.8. The number of halogens is 1. The molecule has 5 atom stereocenters. The Balaban J connectivity index is 1.40. The van der Waals surface area contributed by atoms with Crippen LogP contribution in [-0.4, -0.2) is 90.2 Å². The lowest BCUT2D eigenvalue weighted by Gasteiger charge is -2.36. The van der Waals surface area contributed by atoms with Gasteiger partial charge in [-0.1, -0.05) is 97.7 Å².